The molecule has 9 nitrogen and oxygen atoms in total. The zero-order chi connectivity index (χ0) is 19.3. The smallest absolute Gasteiger partial charge is 0.326 e. The lowest BCUT2D eigenvalue weighted by atomic mass is 10.1. The lowest BCUT2D eigenvalue weighted by molar-refractivity contribution is -0.141. The summed E-state index contributed by atoms with van der Waals surface area (Å²) in [6, 6.07) is 3.68. The van der Waals surface area contributed by atoms with Gasteiger partial charge in [-0.05, 0) is 26.0 Å². The van der Waals surface area contributed by atoms with E-state index in [1.165, 1.54) is 13.0 Å². The first-order valence-electron chi connectivity index (χ1n) is 8.13. The monoisotopic (exact) mass is 363 g/mol. The molecule has 26 heavy (non-hydrogen) atoms. The lowest BCUT2D eigenvalue weighted by Gasteiger charge is -2.22. The van der Waals surface area contributed by atoms with Crippen LogP contribution in [0.3, 0.4) is 0 Å². The summed E-state index contributed by atoms with van der Waals surface area (Å²) >= 11 is 0. The molecule has 0 aromatic heterocycles. The van der Waals surface area contributed by atoms with Crippen LogP contribution in [0.4, 0.5) is 0 Å². The number of hydrogen-bond donors (Lipinski definition) is 4. The third-order valence-corrected chi connectivity index (χ3v) is 3.77. The third kappa shape index (κ3) is 4.95. The molecule has 4 N–H and O–H groups in total. The van der Waals surface area contributed by atoms with Crippen molar-refractivity contribution in [1.29, 1.82) is 0 Å². The van der Waals surface area contributed by atoms with Crippen molar-refractivity contribution in [3.63, 3.8) is 0 Å². The van der Waals surface area contributed by atoms with Crippen LogP contribution in [-0.4, -0.2) is 53.5 Å². The highest BCUT2D eigenvalue weighted by Crippen LogP contribution is 2.18. The van der Waals surface area contributed by atoms with E-state index in [4.69, 9.17) is 4.74 Å². The van der Waals surface area contributed by atoms with Crippen molar-refractivity contribution < 1.29 is 29.0 Å². The number of amides is 3. The Labute approximate surface area is 150 Å². The van der Waals surface area contributed by atoms with E-state index in [-0.39, 0.29) is 24.0 Å². The number of nitrogens with one attached hydrogen (secondary N) is 3. The molecule has 3 amide bonds. The second-order valence-corrected chi connectivity index (χ2v) is 6.07. The number of carboxylic acids is 1. The standard InChI is InChI=1S/C17H21N3O6/c1-9-8-26-13-6-4-3-5-11(13)16(23)20-12(17(24)25)7-14(21)19-10(2)15(22)18-9/h3-6,9-10,12H,7-8H2,1-2H3,(H,18,22)(H,19,21)(H,20,23)(H,24,25)/t9-,10-,12-/m0/s1. The molecular weight excluding hydrogens is 342 g/mol. The first-order chi connectivity index (χ1) is 12.3. The van der Waals surface area contributed by atoms with Crippen LogP contribution in [0.1, 0.15) is 30.6 Å². The molecule has 1 aliphatic rings. The third-order valence-electron chi connectivity index (χ3n) is 3.77. The summed E-state index contributed by atoms with van der Waals surface area (Å²) in [6.45, 7) is 3.30. The first-order valence-corrected chi connectivity index (χ1v) is 8.13. The topological polar surface area (TPSA) is 134 Å². The molecule has 9 heteroatoms. The number of rotatable bonds is 1. The Morgan fingerprint density at radius 3 is 2.50 bits per heavy atom. The molecule has 0 bridgehead atoms. The Balaban J connectivity index is 2.32. The van der Waals surface area contributed by atoms with Crippen molar-refractivity contribution in [2.45, 2.75) is 38.4 Å². The molecule has 0 fully saturated rings. The molecule has 0 unspecified atom stereocenters. The van der Waals surface area contributed by atoms with E-state index in [2.05, 4.69) is 16.0 Å². The highest BCUT2D eigenvalue weighted by molar-refractivity contribution is 6.00. The molecule has 140 valence electrons. The minimum absolute atomic E-state index is 0.0963. The number of para-hydroxylation sites is 1. The van der Waals surface area contributed by atoms with E-state index in [1.54, 1.807) is 25.1 Å². The summed E-state index contributed by atoms with van der Waals surface area (Å²) in [5.41, 5.74) is 0.142. The minimum Gasteiger partial charge on any atom is -0.491 e. The van der Waals surface area contributed by atoms with Gasteiger partial charge in [-0.3, -0.25) is 14.4 Å². The van der Waals surface area contributed by atoms with Crippen LogP contribution < -0.4 is 20.7 Å². The molecule has 1 aromatic carbocycles. The number of carboxylic acid groups (broad SMARTS) is 1. The molecule has 0 radical (unpaired) electrons. The van der Waals surface area contributed by atoms with Gasteiger partial charge in [0.2, 0.25) is 11.8 Å². The minimum atomic E-state index is -1.44. The summed E-state index contributed by atoms with van der Waals surface area (Å²) in [5, 5.41) is 16.7. The molecule has 0 saturated heterocycles. The van der Waals surface area contributed by atoms with E-state index >= 15 is 0 Å². The number of carbonyl (C=O) groups excluding carboxylic acids is 3. The van der Waals surface area contributed by atoms with Gasteiger partial charge in [0.15, 0.2) is 0 Å². The second kappa shape index (κ2) is 8.32. The highest BCUT2D eigenvalue weighted by atomic mass is 16.5. The Hall–Kier alpha value is -3.10. The van der Waals surface area contributed by atoms with Crippen LogP contribution in [0, 0.1) is 0 Å². The zero-order valence-electron chi connectivity index (χ0n) is 14.4. The molecule has 1 aliphatic heterocycles. The summed E-state index contributed by atoms with van der Waals surface area (Å²) in [5.74, 6) is -2.84. The normalized spacial score (nSPS) is 24.8. The Morgan fingerprint density at radius 2 is 1.81 bits per heavy atom. The van der Waals surface area contributed by atoms with Gasteiger partial charge in [-0.1, -0.05) is 12.1 Å². The quantitative estimate of drug-likeness (QED) is 0.539. The molecular formula is C17H21N3O6. The van der Waals surface area contributed by atoms with E-state index in [0.29, 0.717) is 0 Å². The number of carbonyl (C=O) groups is 4. The summed E-state index contributed by atoms with van der Waals surface area (Å²) in [7, 11) is 0. The predicted molar refractivity (Wildman–Crippen MR) is 90.7 cm³/mol. The van der Waals surface area contributed by atoms with Crippen LogP contribution in [0.15, 0.2) is 24.3 Å². The molecule has 0 aliphatic carbocycles. The van der Waals surface area contributed by atoms with Gasteiger partial charge in [-0.15, -0.1) is 0 Å². The maximum Gasteiger partial charge on any atom is 0.326 e. The Morgan fingerprint density at radius 1 is 1.12 bits per heavy atom. The van der Waals surface area contributed by atoms with Crippen LogP contribution in [0.5, 0.6) is 5.75 Å². The average Bonchev–Trinajstić information content (AvgIpc) is 2.58. The second-order valence-electron chi connectivity index (χ2n) is 6.07. The molecule has 3 atom stereocenters. The van der Waals surface area contributed by atoms with Crippen LogP contribution in [0.2, 0.25) is 0 Å². The van der Waals surface area contributed by atoms with Gasteiger partial charge in [0, 0.05) is 0 Å². The fourth-order valence-corrected chi connectivity index (χ4v) is 2.39. The molecule has 0 saturated carbocycles. The van der Waals surface area contributed by atoms with Crippen molar-refractivity contribution >= 4 is 23.7 Å². The summed E-state index contributed by atoms with van der Waals surface area (Å²) in [6.07, 6.45) is -0.503. The van der Waals surface area contributed by atoms with E-state index in [9.17, 15) is 24.3 Å². The number of fused-ring (bicyclic) bond motifs is 1. The van der Waals surface area contributed by atoms with Gasteiger partial charge in [0.05, 0.1) is 18.0 Å². The fraction of sp³-hybridized carbons (Fsp3) is 0.412. The van der Waals surface area contributed by atoms with E-state index in [1.807, 2.05) is 0 Å². The molecule has 2 rings (SSSR count). The number of hydrogen-bond acceptors (Lipinski definition) is 5. The van der Waals surface area contributed by atoms with Gasteiger partial charge in [0.25, 0.3) is 5.91 Å². The maximum absolute atomic E-state index is 12.4. The number of benzene rings is 1. The van der Waals surface area contributed by atoms with Crippen molar-refractivity contribution in [2.24, 2.45) is 0 Å². The van der Waals surface area contributed by atoms with Crippen molar-refractivity contribution in [1.82, 2.24) is 16.0 Å². The Bertz CT molecular complexity index is 720. The zero-order valence-corrected chi connectivity index (χ0v) is 14.4. The number of ether oxygens (including phenoxy) is 1. The molecule has 1 aromatic rings. The van der Waals surface area contributed by atoms with Gasteiger partial charge in [0.1, 0.15) is 24.4 Å². The van der Waals surface area contributed by atoms with E-state index < -0.39 is 42.2 Å². The van der Waals surface area contributed by atoms with Crippen LogP contribution >= 0.6 is 0 Å². The van der Waals surface area contributed by atoms with Crippen molar-refractivity contribution in [2.75, 3.05) is 6.61 Å². The average molecular weight is 363 g/mol. The predicted octanol–water partition coefficient (Wildman–Crippen LogP) is -0.338. The fourth-order valence-electron chi connectivity index (χ4n) is 2.39. The van der Waals surface area contributed by atoms with Gasteiger partial charge in [-0.2, -0.15) is 0 Å². The lowest BCUT2D eigenvalue weighted by Crippen LogP contribution is -2.51. The molecule has 1 heterocycles. The van der Waals surface area contributed by atoms with Crippen LogP contribution in [-0.2, 0) is 14.4 Å². The summed E-state index contributed by atoms with van der Waals surface area (Å²) < 4.78 is 5.61. The van der Waals surface area contributed by atoms with Gasteiger partial charge < -0.3 is 25.8 Å². The van der Waals surface area contributed by atoms with Gasteiger partial charge >= 0.3 is 5.97 Å². The molecule has 0 spiro atoms. The van der Waals surface area contributed by atoms with Gasteiger partial charge in [-0.25, -0.2) is 4.79 Å². The first kappa shape index (κ1) is 19.2. The maximum atomic E-state index is 12.4. The highest BCUT2D eigenvalue weighted by Gasteiger charge is 2.27. The largest absolute Gasteiger partial charge is 0.491 e. The van der Waals surface area contributed by atoms with Crippen molar-refractivity contribution in [3.05, 3.63) is 29.8 Å². The summed E-state index contributed by atoms with van der Waals surface area (Å²) in [4.78, 5) is 47.9. The SMILES string of the molecule is C[C@@H]1NC(=O)C[C@@H](C(=O)O)NC(=O)c2ccccc2OC[C@H](C)NC1=O. The van der Waals surface area contributed by atoms with Crippen molar-refractivity contribution in [3.8, 4) is 5.75 Å². The van der Waals surface area contributed by atoms with E-state index in [0.717, 1.165) is 0 Å². The van der Waals surface area contributed by atoms with Crippen LogP contribution in [0.25, 0.3) is 0 Å². The Kier molecular flexibility index (Phi) is 6.16. The number of aliphatic carboxylic acids is 1.